The van der Waals surface area contributed by atoms with Gasteiger partial charge < -0.3 is 5.32 Å². The Morgan fingerprint density at radius 3 is 2.22 bits per heavy atom. The number of carbonyl (C=O) groups is 1. The van der Waals surface area contributed by atoms with Gasteiger partial charge in [-0.15, -0.1) is 0 Å². The second-order valence-corrected chi connectivity index (χ2v) is 1.87. The molecule has 9 heavy (non-hydrogen) atoms. The monoisotopic (exact) mass is 121 g/mol. The molecular weight excluding hydrogens is 109 g/mol. The molecule has 0 saturated carbocycles. The van der Waals surface area contributed by atoms with Gasteiger partial charge in [0.1, 0.15) is 0 Å². The molecule has 0 spiro atoms. The summed E-state index contributed by atoms with van der Waals surface area (Å²) >= 11 is 0. The van der Waals surface area contributed by atoms with E-state index in [4.69, 9.17) is 0 Å². The molecule has 0 aromatic rings. The summed E-state index contributed by atoms with van der Waals surface area (Å²) in [5, 5.41) is 2.64. The van der Waals surface area contributed by atoms with Gasteiger partial charge in [-0.05, 0) is 19.9 Å². The molecule has 1 N–H and O–H groups in total. The number of hydrogen-bond donors (Lipinski definition) is 1. The van der Waals surface area contributed by atoms with Gasteiger partial charge in [0.2, 0.25) is 5.91 Å². The van der Waals surface area contributed by atoms with Crippen LogP contribution in [0.2, 0.25) is 0 Å². The molecule has 0 saturated heterocycles. The zero-order valence-electron chi connectivity index (χ0n) is 5.27. The maximum atomic E-state index is 10.4. The van der Waals surface area contributed by atoms with Crippen LogP contribution in [-0.4, -0.2) is 30.8 Å². The third-order valence-electron chi connectivity index (χ3n) is 0.616. The summed E-state index contributed by atoms with van der Waals surface area (Å²) in [5.41, 5.74) is 0. The molecule has 0 rings (SSSR count). The molecule has 0 aromatic carbocycles. The van der Waals surface area contributed by atoms with Crippen molar-refractivity contribution in [3.63, 3.8) is 0 Å². The normalized spacial score (nSPS) is 7.89. The Balaban J connectivity index is 0. The third-order valence-corrected chi connectivity index (χ3v) is 0.616. The molecule has 0 aliphatic heterocycles. The van der Waals surface area contributed by atoms with Crippen LogP contribution in [0.3, 0.4) is 0 Å². The van der Waals surface area contributed by atoms with E-state index in [1.807, 2.05) is 13.8 Å². The number of carbonyl (C=O) groups excluding carboxylic acids is 1. The zero-order valence-corrected chi connectivity index (χ0v) is 5.27. The van der Waals surface area contributed by atoms with Crippen molar-refractivity contribution in [2.24, 2.45) is 0 Å². The summed E-state index contributed by atoms with van der Waals surface area (Å²) in [6.07, 6.45) is 1.26. The predicted octanol–water partition coefficient (Wildman–Crippen LogP) is 0.0485. The first kappa shape index (κ1) is 11.6. The SMILES string of the molecule is C=CC(=O)NC(C)C.[LiH]. The fourth-order valence-electron chi connectivity index (χ4n) is 0.343. The van der Waals surface area contributed by atoms with Crippen molar-refractivity contribution in [3.8, 4) is 0 Å². The molecule has 0 radical (unpaired) electrons. The second-order valence-electron chi connectivity index (χ2n) is 1.87. The van der Waals surface area contributed by atoms with Gasteiger partial charge in [0, 0.05) is 6.04 Å². The molecule has 2 nitrogen and oxygen atoms in total. The number of nitrogens with one attached hydrogen (secondary N) is 1. The Morgan fingerprint density at radius 1 is 1.67 bits per heavy atom. The van der Waals surface area contributed by atoms with Crippen molar-refractivity contribution in [1.29, 1.82) is 0 Å². The summed E-state index contributed by atoms with van der Waals surface area (Å²) in [5.74, 6) is -0.111. The molecule has 0 bridgehead atoms. The third kappa shape index (κ3) is 7.81. The Morgan fingerprint density at radius 2 is 2.11 bits per heavy atom. The predicted molar refractivity (Wildman–Crippen MR) is 40.6 cm³/mol. The van der Waals surface area contributed by atoms with Crippen molar-refractivity contribution in [1.82, 2.24) is 5.32 Å². The van der Waals surface area contributed by atoms with Gasteiger partial charge in [-0.1, -0.05) is 6.58 Å². The first-order chi connectivity index (χ1) is 3.66. The van der Waals surface area contributed by atoms with Crippen LogP contribution in [0.25, 0.3) is 0 Å². The van der Waals surface area contributed by atoms with Gasteiger partial charge in [0.15, 0.2) is 0 Å². The van der Waals surface area contributed by atoms with Crippen LogP contribution < -0.4 is 5.32 Å². The topological polar surface area (TPSA) is 29.1 Å². The Labute approximate surface area is 67.9 Å². The molecule has 0 aromatic heterocycles. The standard InChI is InChI=1S/C6H11NO.Li.H/c1-4-6(8)7-5(2)3;;/h4-5H,1H2,2-3H3,(H,7,8);;. The van der Waals surface area contributed by atoms with Crippen LogP contribution in [0, 0.1) is 0 Å². The van der Waals surface area contributed by atoms with Crippen molar-refractivity contribution < 1.29 is 4.79 Å². The quantitative estimate of drug-likeness (QED) is 0.406. The average Bonchev–Trinajstić information content (AvgIpc) is 1.65. The van der Waals surface area contributed by atoms with E-state index in [0.717, 1.165) is 0 Å². The van der Waals surface area contributed by atoms with Gasteiger partial charge in [-0.25, -0.2) is 0 Å². The maximum absolute atomic E-state index is 10.4. The van der Waals surface area contributed by atoms with E-state index in [1.165, 1.54) is 6.08 Å². The second kappa shape index (κ2) is 5.94. The minimum absolute atomic E-state index is 0. The molecule has 3 heteroatoms. The Kier molecular flexibility index (Phi) is 7.64. The van der Waals surface area contributed by atoms with Crippen LogP contribution >= 0.6 is 0 Å². The van der Waals surface area contributed by atoms with Crippen LogP contribution in [0.15, 0.2) is 12.7 Å². The van der Waals surface area contributed by atoms with Crippen molar-refractivity contribution in [2.75, 3.05) is 0 Å². The number of hydrogen-bond acceptors (Lipinski definition) is 1. The molecule has 1 amide bonds. The summed E-state index contributed by atoms with van der Waals surface area (Å²) in [7, 11) is 0. The summed E-state index contributed by atoms with van der Waals surface area (Å²) in [6.45, 7) is 7.11. The van der Waals surface area contributed by atoms with Gasteiger partial charge in [-0.2, -0.15) is 0 Å². The van der Waals surface area contributed by atoms with E-state index >= 15 is 0 Å². The molecule has 0 aliphatic rings. The van der Waals surface area contributed by atoms with Crippen LogP contribution in [0.5, 0.6) is 0 Å². The molecule has 0 aliphatic carbocycles. The molecular formula is C6H12LiNO. The van der Waals surface area contributed by atoms with E-state index in [-0.39, 0.29) is 30.8 Å². The van der Waals surface area contributed by atoms with E-state index < -0.39 is 0 Å². The van der Waals surface area contributed by atoms with E-state index in [1.54, 1.807) is 0 Å². The van der Waals surface area contributed by atoms with Crippen molar-refractivity contribution in [3.05, 3.63) is 12.7 Å². The average molecular weight is 121 g/mol. The summed E-state index contributed by atoms with van der Waals surface area (Å²) < 4.78 is 0. The van der Waals surface area contributed by atoms with E-state index in [0.29, 0.717) is 0 Å². The van der Waals surface area contributed by atoms with Crippen LogP contribution in [-0.2, 0) is 4.79 Å². The van der Waals surface area contributed by atoms with Crippen LogP contribution in [0.1, 0.15) is 13.8 Å². The van der Waals surface area contributed by atoms with Gasteiger partial charge in [-0.3, -0.25) is 4.79 Å². The number of amides is 1. The fraction of sp³-hybridized carbons (Fsp3) is 0.500. The van der Waals surface area contributed by atoms with Gasteiger partial charge in [0.05, 0.1) is 0 Å². The van der Waals surface area contributed by atoms with E-state index in [2.05, 4.69) is 11.9 Å². The molecule has 0 fully saturated rings. The molecule has 0 heterocycles. The first-order valence-electron chi connectivity index (χ1n) is 2.59. The van der Waals surface area contributed by atoms with Gasteiger partial charge >= 0.3 is 18.9 Å². The Bertz CT molecular complexity index is 101. The molecule has 0 atom stereocenters. The van der Waals surface area contributed by atoms with Gasteiger partial charge in [0.25, 0.3) is 0 Å². The molecule has 48 valence electrons. The Hall–Kier alpha value is -0.193. The summed E-state index contributed by atoms with van der Waals surface area (Å²) in [4.78, 5) is 10.4. The summed E-state index contributed by atoms with van der Waals surface area (Å²) in [6, 6.07) is 0.209. The first-order valence-corrected chi connectivity index (χ1v) is 2.59. The van der Waals surface area contributed by atoms with Crippen LogP contribution in [0.4, 0.5) is 0 Å². The molecule has 0 unspecified atom stereocenters. The van der Waals surface area contributed by atoms with Crippen molar-refractivity contribution in [2.45, 2.75) is 19.9 Å². The minimum atomic E-state index is -0.111. The number of rotatable bonds is 2. The van der Waals surface area contributed by atoms with Crippen molar-refractivity contribution >= 4 is 24.8 Å². The zero-order chi connectivity index (χ0) is 6.57. The van der Waals surface area contributed by atoms with E-state index in [9.17, 15) is 4.79 Å². The fourth-order valence-corrected chi connectivity index (χ4v) is 0.343.